The van der Waals surface area contributed by atoms with Gasteiger partial charge in [-0.1, -0.05) is 26.0 Å². The van der Waals surface area contributed by atoms with E-state index in [1.807, 2.05) is 38.1 Å². The third-order valence-corrected chi connectivity index (χ3v) is 4.09. The zero-order chi connectivity index (χ0) is 19.5. The molecule has 0 bridgehead atoms. The Morgan fingerprint density at radius 1 is 1.23 bits per heavy atom. The van der Waals surface area contributed by atoms with Crippen molar-refractivity contribution in [2.75, 3.05) is 26.9 Å². The van der Waals surface area contributed by atoms with Crippen LogP contribution in [-0.4, -0.2) is 54.8 Å². The number of hydrogen-bond acceptors (Lipinski definition) is 5. The number of aliphatic hydroxyl groups is 1. The maximum Gasteiger partial charge on any atom is 0.310 e. The number of benzene rings is 1. The number of methoxy groups -OCH3 is 1. The van der Waals surface area contributed by atoms with E-state index in [0.717, 1.165) is 11.3 Å². The smallest absolute Gasteiger partial charge is 0.310 e. The minimum atomic E-state index is -0.469. The Morgan fingerprint density at radius 3 is 2.38 bits per heavy atom. The van der Waals surface area contributed by atoms with Crippen molar-refractivity contribution in [3.05, 3.63) is 35.9 Å². The number of hydrogen-bond donors (Lipinski definition) is 1. The third kappa shape index (κ3) is 6.52. The normalized spacial score (nSPS) is 13.3. The van der Waals surface area contributed by atoms with E-state index < -0.39 is 5.92 Å². The van der Waals surface area contributed by atoms with Gasteiger partial charge in [-0.15, -0.1) is 0 Å². The molecule has 0 aliphatic heterocycles. The number of nitrogens with zero attached hydrogens (tertiary/aromatic N) is 1. The van der Waals surface area contributed by atoms with Crippen molar-refractivity contribution in [2.24, 2.45) is 5.92 Å². The second kappa shape index (κ2) is 11.3. The standard InChI is InChI=1S/C20H29NO5/c1-5-17(14-22)21(13-15(3)20(24)25-4)19(23)12-9-16-7-10-18(11-8-16)26-6-2/h7-12,15,17,22H,5-6,13-14H2,1-4H3/b12-9+. The van der Waals surface area contributed by atoms with Crippen LogP contribution in [0.4, 0.5) is 0 Å². The zero-order valence-electron chi connectivity index (χ0n) is 16.0. The SMILES string of the molecule is CCOc1ccc(/C=C/C(=O)N(CC(C)C(=O)OC)C(CC)CO)cc1. The van der Waals surface area contributed by atoms with Crippen LogP contribution in [0.5, 0.6) is 5.75 Å². The molecule has 0 spiro atoms. The number of carbonyl (C=O) groups is 2. The van der Waals surface area contributed by atoms with Gasteiger partial charge in [-0.3, -0.25) is 9.59 Å². The van der Waals surface area contributed by atoms with E-state index in [1.165, 1.54) is 18.1 Å². The molecule has 1 aromatic rings. The van der Waals surface area contributed by atoms with E-state index >= 15 is 0 Å². The highest BCUT2D eigenvalue weighted by Crippen LogP contribution is 2.15. The molecule has 1 rings (SSSR count). The highest BCUT2D eigenvalue weighted by Gasteiger charge is 2.25. The largest absolute Gasteiger partial charge is 0.494 e. The van der Waals surface area contributed by atoms with Crippen molar-refractivity contribution in [3.63, 3.8) is 0 Å². The summed E-state index contributed by atoms with van der Waals surface area (Å²) in [4.78, 5) is 25.8. The quantitative estimate of drug-likeness (QED) is 0.511. The van der Waals surface area contributed by atoms with E-state index in [0.29, 0.717) is 13.0 Å². The molecule has 0 heterocycles. The number of aliphatic hydroxyl groups excluding tert-OH is 1. The Bertz CT molecular complexity index is 593. The summed E-state index contributed by atoms with van der Waals surface area (Å²) in [5.74, 6) is -0.333. The molecule has 144 valence electrons. The Balaban J connectivity index is 2.88. The third-order valence-electron chi connectivity index (χ3n) is 4.09. The number of ether oxygens (including phenoxy) is 2. The van der Waals surface area contributed by atoms with Gasteiger partial charge in [0.15, 0.2) is 0 Å². The van der Waals surface area contributed by atoms with Crippen molar-refractivity contribution in [1.29, 1.82) is 0 Å². The zero-order valence-corrected chi connectivity index (χ0v) is 16.0. The van der Waals surface area contributed by atoms with Crippen LogP contribution in [0, 0.1) is 5.92 Å². The van der Waals surface area contributed by atoms with Crippen LogP contribution < -0.4 is 4.74 Å². The summed E-state index contributed by atoms with van der Waals surface area (Å²) < 4.78 is 10.1. The summed E-state index contributed by atoms with van der Waals surface area (Å²) >= 11 is 0. The van der Waals surface area contributed by atoms with Crippen molar-refractivity contribution < 1.29 is 24.2 Å². The minimum absolute atomic E-state index is 0.160. The Kier molecular flexibility index (Phi) is 9.44. The highest BCUT2D eigenvalue weighted by atomic mass is 16.5. The summed E-state index contributed by atoms with van der Waals surface area (Å²) in [6.07, 6.45) is 3.75. The van der Waals surface area contributed by atoms with Crippen molar-refractivity contribution in [2.45, 2.75) is 33.2 Å². The number of carbonyl (C=O) groups excluding carboxylic acids is 2. The molecule has 0 aliphatic carbocycles. The summed E-state index contributed by atoms with van der Waals surface area (Å²) in [6, 6.07) is 7.05. The van der Waals surface area contributed by atoms with Crippen LogP contribution in [0.1, 0.15) is 32.8 Å². The molecule has 1 aromatic carbocycles. The summed E-state index contributed by atoms with van der Waals surface area (Å²) in [5, 5.41) is 9.57. The van der Waals surface area contributed by atoms with E-state index in [-0.39, 0.29) is 31.1 Å². The average Bonchev–Trinajstić information content (AvgIpc) is 2.66. The first-order valence-electron chi connectivity index (χ1n) is 8.86. The van der Waals surface area contributed by atoms with Crippen LogP contribution in [0.3, 0.4) is 0 Å². The summed E-state index contributed by atoms with van der Waals surface area (Å²) in [5.41, 5.74) is 0.861. The molecular formula is C20H29NO5. The molecule has 0 radical (unpaired) electrons. The van der Waals surface area contributed by atoms with Gasteiger partial charge in [0.1, 0.15) is 5.75 Å². The Hall–Kier alpha value is -2.34. The van der Waals surface area contributed by atoms with Crippen LogP contribution >= 0.6 is 0 Å². The van der Waals surface area contributed by atoms with Gasteiger partial charge in [-0.05, 0) is 37.1 Å². The lowest BCUT2D eigenvalue weighted by Crippen LogP contribution is -2.45. The first-order valence-corrected chi connectivity index (χ1v) is 8.86. The van der Waals surface area contributed by atoms with Gasteiger partial charge in [0, 0.05) is 12.6 Å². The lowest BCUT2D eigenvalue weighted by molar-refractivity contribution is -0.146. The van der Waals surface area contributed by atoms with Crippen LogP contribution in [0.15, 0.2) is 30.3 Å². The fraction of sp³-hybridized carbons (Fsp3) is 0.500. The van der Waals surface area contributed by atoms with E-state index in [2.05, 4.69) is 0 Å². The molecule has 6 nitrogen and oxygen atoms in total. The van der Waals surface area contributed by atoms with Gasteiger partial charge < -0.3 is 19.5 Å². The fourth-order valence-electron chi connectivity index (χ4n) is 2.54. The van der Waals surface area contributed by atoms with Crippen LogP contribution in [0.25, 0.3) is 6.08 Å². The molecule has 26 heavy (non-hydrogen) atoms. The number of esters is 1. The lowest BCUT2D eigenvalue weighted by Gasteiger charge is -2.30. The molecule has 0 saturated carbocycles. The molecular weight excluding hydrogens is 334 g/mol. The van der Waals surface area contributed by atoms with Crippen LogP contribution in [0.2, 0.25) is 0 Å². The minimum Gasteiger partial charge on any atom is -0.494 e. The van der Waals surface area contributed by atoms with Gasteiger partial charge in [0.2, 0.25) is 5.91 Å². The van der Waals surface area contributed by atoms with Crippen molar-refractivity contribution in [1.82, 2.24) is 4.90 Å². The Morgan fingerprint density at radius 2 is 1.88 bits per heavy atom. The van der Waals surface area contributed by atoms with Crippen molar-refractivity contribution in [3.8, 4) is 5.75 Å². The predicted octanol–water partition coefficient (Wildman–Crippen LogP) is 2.51. The van der Waals surface area contributed by atoms with Gasteiger partial charge in [0.05, 0.1) is 32.3 Å². The monoisotopic (exact) mass is 363 g/mol. The average molecular weight is 363 g/mol. The molecule has 2 atom stereocenters. The maximum atomic E-state index is 12.6. The molecule has 0 aromatic heterocycles. The van der Waals surface area contributed by atoms with E-state index in [1.54, 1.807) is 13.0 Å². The maximum absolute atomic E-state index is 12.6. The molecule has 2 unspecified atom stereocenters. The summed E-state index contributed by atoms with van der Waals surface area (Å²) in [7, 11) is 1.32. The Labute approximate surface area is 155 Å². The first-order chi connectivity index (χ1) is 12.5. The topological polar surface area (TPSA) is 76.1 Å². The molecule has 0 fully saturated rings. The molecule has 0 saturated heterocycles. The van der Waals surface area contributed by atoms with Crippen LogP contribution in [-0.2, 0) is 14.3 Å². The summed E-state index contributed by atoms with van der Waals surface area (Å²) in [6.45, 7) is 6.14. The lowest BCUT2D eigenvalue weighted by atomic mass is 10.1. The molecule has 0 aliphatic rings. The van der Waals surface area contributed by atoms with Gasteiger partial charge in [0.25, 0.3) is 0 Å². The molecule has 1 N–H and O–H groups in total. The van der Waals surface area contributed by atoms with E-state index in [4.69, 9.17) is 9.47 Å². The second-order valence-electron chi connectivity index (χ2n) is 5.99. The number of rotatable bonds is 10. The predicted molar refractivity (Wildman–Crippen MR) is 101 cm³/mol. The highest BCUT2D eigenvalue weighted by molar-refractivity contribution is 5.92. The first kappa shape index (κ1) is 21.7. The van der Waals surface area contributed by atoms with Gasteiger partial charge in [-0.25, -0.2) is 0 Å². The molecule has 1 amide bonds. The van der Waals surface area contributed by atoms with Crippen molar-refractivity contribution >= 4 is 18.0 Å². The van der Waals surface area contributed by atoms with E-state index in [9.17, 15) is 14.7 Å². The number of amides is 1. The fourth-order valence-corrected chi connectivity index (χ4v) is 2.54. The van der Waals surface area contributed by atoms with Gasteiger partial charge in [-0.2, -0.15) is 0 Å². The second-order valence-corrected chi connectivity index (χ2v) is 5.99. The molecule has 6 heteroatoms. The van der Waals surface area contributed by atoms with Gasteiger partial charge >= 0.3 is 5.97 Å².